The van der Waals surface area contributed by atoms with Crippen molar-refractivity contribution >= 4 is 57.6 Å². The number of guanidine groups is 1. The van der Waals surface area contributed by atoms with Gasteiger partial charge in [-0.05, 0) is 57.0 Å². The quantitative estimate of drug-likeness (QED) is 0.234. The van der Waals surface area contributed by atoms with Gasteiger partial charge in [0.2, 0.25) is 0 Å². The van der Waals surface area contributed by atoms with Gasteiger partial charge in [-0.25, -0.2) is 0 Å². The number of hydrogen-bond acceptors (Lipinski definition) is 3. The van der Waals surface area contributed by atoms with Gasteiger partial charge in [0, 0.05) is 46.3 Å². The fourth-order valence-corrected chi connectivity index (χ4v) is 5.34. The highest BCUT2D eigenvalue weighted by Gasteiger charge is 2.36. The second-order valence-electron chi connectivity index (χ2n) is 7.55. The third kappa shape index (κ3) is 6.78. The number of piperidine rings is 2. The number of rotatable bonds is 5. The lowest BCUT2D eigenvalue weighted by atomic mass is 9.82. The molecule has 0 aromatic heterocycles. The Hall–Kier alpha value is 0.01000. The molecule has 0 aliphatic carbocycles. The van der Waals surface area contributed by atoms with Crippen LogP contribution in [0.25, 0.3) is 0 Å². The third-order valence-corrected chi connectivity index (χ3v) is 7.25. The van der Waals surface area contributed by atoms with E-state index in [4.69, 9.17) is 0 Å². The zero-order chi connectivity index (χ0) is 18.5. The van der Waals surface area contributed by atoms with E-state index in [1.54, 1.807) is 0 Å². The Labute approximate surface area is 193 Å². The van der Waals surface area contributed by atoms with Gasteiger partial charge in [0.05, 0.1) is 0 Å². The molecule has 1 aromatic carbocycles. The van der Waals surface area contributed by atoms with Crippen molar-refractivity contribution in [3.8, 4) is 0 Å². The number of fused-ring (bicyclic) bond motifs is 2. The first-order valence-electron chi connectivity index (χ1n) is 9.66. The van der Waals surface area contributed by atoms with Crippen LogP contribution in [0.2, 0.25) is 0 Å². The maximum absolute atomic E-state index is 4.45. The van der Waals surface area contributed by atoms with Gasteiger partial charge in [-0.2, -0.15) is 0 Å². The van der Waals surface area contributed by atoms with Crippen LogP contribution < -0.4 is 10.6 Å². The van der Waals surface area contributed by atoms with Gasteiger partial charge < -0.3 is 15.5 Å². The molecule has 1 aromatic rings. The molecule has 152 valence electrons. The number of thioether (sulfide) groups is 1. The standard InChI is InChI=1S/C20H31BrN4S.HI/c1-14(26-19-9-7-15(21)8-10-19)13-23-20(22-2)24-16-11-17-5-4-6-18(12-16)25(17)3;/h7-10,14,16-18H,4-6,11-13H2,1-3H3,(H2,22,23,24);1H. The number of aliphatic imine (C=N–C) groups is 1. The second-order valence-corrected chi connectivity index (χ2v) is 9.98. The van der Waals surface area contributed by atoms with Gasteiger partial charge in [-0.3, -0.25) is 4.99 Å². The minimum Gasteiger partial charge on any atom is -0.355 e. The van der Waals surface area contributed by atoms with Gasteiger partial charge in [0.1, 0.15) is 0 Å². The van der Waals surface area contributed by atoms with Crippen LogP contribution in [0.4, 0.5) is 0 Å². The molecule has 0 radical (unpaired) electrons. The van der Waals surface area contributed by atoms with Crippen molar-refractivity contribution in [2.45, 2.75) is 67.3 Å². The maximum atomic E-state index is 4.45. The van der Waals surface area contributed by atoms with Gasteiger partial charge in [-0.15, -0.1) is 35.7 Å². The lowest BCUT2D eigenvalue weighted by molar-refractivity contribution is 0.0526. The van der Waals surface area contributed by atoms with E-state index in [0.717, 1.165) is 29.1 Å². The molecule has 7 heteroatoms. The Morgan fingerprint density at radius 3 is 2.48 bits per heavy atom. The van der Waals surface area contributed by atoms with Crippen LogP contribution in [0.5, 0.6) is 0 Å². The summed E-state index contributed by atoms with van der Waals surface area (Å²) in [5, 5.41) is 7.68. The molecule has 4 nitrogen and oxygen atoms in total. The average molecular weight is 567 g/mol. The minimum atomic E-state index is 0. The normalized spacial score (nSPS) is 26.8. The fraction of sp³-hybridized carbons (Fsp3) is 0.650. The molecule has 2 heterocycles. The van der Waals surface area contributed by atoms with Crippen LogP contribution >= 0.6 is 51.7 Å². The maximum Gasteiger partial charge on any atom is 0.191 e. The average Bonchev–Trinajstić information content (AvgIpc) is 2.61. The van der Waals surface area contributed by atoms with Crippen LogP contribution in [0, 0.1) is 0 Å². The first kappa shape index (κ1) is 23.3. The molecule has 2 aliphatic rings. The van der Waals surface area contributed by atoms with Crippen LogP contribution in [0.15, 0.2) is 38.6 Å². The van der Waals surface area contributed by atoms with Crippen LogP contribution in [-0.2, 0) is 0 Å². The summed E-state index contributed by atoms with van der Waals surface area (Å²) in [4.78, 5) is 8.36. The van der Waals surface area contributed by atoms with Gasteiger partial charge in [0.15, 0.2) is 5.96 Å². The van der Waals surface area contributed by atoms with E-state index in [9.17, 15) is 0 Å². The highest BCUT2D eigenvalue weighted by atomic mass is 127. The summed E-state index contributed by atoms with van der Waals surface area (Å²) in [5.74, 6) is 0.945. The molecule has 3 unspecified atom stereocenters. The highest BCUT2D eigenvalue weighted by Crippen LogP contribution is 2.32. The highest BCUT2D eigenvalue weighted by molar-refractivity contribution is 14.0. The first-order chi connectivity index (χ1) is 12.5. The summed E-state index contributed by atoms with van der Waals surface area (Å²) in [7, 11) is 4.18. The molecule has 3 rings (SSSR count). The van der Waals surface area contributed by atoms with E-state index in [2.05, 4.69) is 74.7 Å². The van der Waals surface area contributed by atoms with Crippen LogP contribution in [-0.4, -0.2) is 54.9 Å². The van der Waals surface area contributed by atoms with Gasteiger partial charge in [-0.1, -0.05) is 29.3 Å². The SMILES string of the molecule is CN=C(NCC(C)Sc1ccc(Br)cc1)NC1CC2CCCC(C1)N2C.I. The Bertz CT molecular complexity index is 599. The lowest BCUT2D eigenvalue weighted by Crippen LogP contribution is -2.56. The molecule has 2 N–H and O–H groups in total. The Morgan fingerprint density at radius 2 is 1.89 bits per heavy atom. The number of benzene rings is 1. The zero-order valence-corrected chi connectivity index (χ0v) is 21.2. The molecule has 0 amide bonds. The van der Waals surface area contributed by atoms with Crippen molar-refractivity contribution in [3.05, 3.63) is 28.7 Å². The number of hydrogen-bond donors (Lipinski definition) is 2. The van der Waals surface area contributed by atoms with Crippen molar-refractivity contribution in [2.24, 2.45) is 4.99 Å². The minimum absolute atomic E-state index is 0. The third-order valence-electron chi connectivity index (χ3n) is 5.61. The van der Waals surface area contributed by atoms with E-state index >= 15 is 0 Å². The van der Waals surface area contributed by atoms with Crippen molar-refractivity contribution in [2.75, 3.05) is 20.6 Å². The molecule has 3 atom stereocenters. The molecule has 2 fully saturated rings. The Kier molecular flexibility index (Phi) is 9.71. The predicted molar refractivity (Wildman–Crippen MR) is 132 cm³/mol. The summed E-state index contributed by atoms with van der Waals surface area (Å²) in [5.41, 5.74) is 0. The molecule has 2 bridgehead atoms. The Morgan fingerprint density at radius 1 is 1.26 bits per heavy atom. The molecule has 0 saturated carbocycles. The van der Waals surface area contributed by atoms with Crippen LogP contribution in [0.3, 0.4) is 0 Å². The van der Waals surface area contributed by atoms with Crippen molar-refractivity contribution in [3.63, 3.8) is 0 Å². The molecule has 0 spiro atoms. The van der Waals surface area contributed by atoms with E-state index in [1.807, 2.05) is 18.8 Å². The zero-order valence-electron chi connectivity index (χ0n) is 16.5. The van der Waals surface area contributed by atoms with E-state index in [0.29, 0.717) is 11.3 Å². The summed E-state index contributed by atoms with van der Waals surface area (Å²) in [6, 6.07) is 10.5. The molecular weight excluding hydrogens is 535 g/mol. The van der Waals surface area contributed by atoms with E-state index in [1.165, 1.54) is 37.0 Å². The molecular formula is C20H32BrIN4S. The first-order valence-corrected chi connectivity index (χ1v) is 11.3. The number of halogens is 2. The second kappa shape index (κ2) is 11.3. The summed E-state index contributed by atoms with van der Waals surface area (Å²) < 4.78 is 1.13. The molecule has 2 aliphatic heterocycles. The van der Waals surface area contributed by atoms with Crippen LogP contribution in [0.1, 0.15) is 39.0 Å². The van der Waals surface area contributed by atoms with Gasteiger partial charge >= 0.3 is 0 Å². The molecule has 2 saturated heterocycles. The van der Waals surface area contributed by atoms with Crippen molar-refractivity contribution in [1.29, 1.82) is 0 Å². The lowest BCUT2D eigenvalue weighted by Gasteiger charge is -2.47. The van der Waals surface area contributed by atoms with Crippen molar-refractivity contribution in [1.82, 2.24) is 15.5 Å². The smallest absolute Gasteiger partial charge is 0.191 e. The fourth-order valence-electron chi connectivity index (χ4n) is 4.15. The van der Waals surface area contributed by atoms with Gasteiger partial charge in [0.25, 0.3) is 0 Å². The van der Waals surface area contributed by atoms with Crippen molar-refractivity contribution < 1.29 is 0 Å². The summed E-state index contributed by atoms with van der Waals surface area (Å²) in [6.07, 6.45) is 6.55. The summed E-state index contributed by atoms with van der Waals surface area (Å²) in [6.45, 7) is 3.16. The number of nitrogens with zero attached hydrogens (tertiary/aromatic N) is 2. The number of nitrogens with one attached hydrogen (secondary N) is 2. The van der Waals surface area contributed by atoms with E-state index in [-0.39, 0.29) is 24.0 Å². The monoisotopic (exact) mass is 566 g/mol. The topological polar surface area (TPSA) is 39.7 Å². The molecule has 27 heavy (non-hydrogen) atoms. The summed E-state index contributed by atoms with van der Waals surface area (Å²) >= 11 is 5.38. The largest absolute Gasteiger partial charge is 0.355 e. The predicted octanol–water partition coefficient (Wildman–Crippen LogP) is 4.73. The Balaban J connectivity index is 0.00000261. The van der Waals surface area contributed by atoms with E-state index < -0.39 is 0 Å².